The van der Waals surface area contributed by atoms with Crippen molar-refractivity contribution < 1.29 is 0 Å². The maximum atomic E-state index is 4.24. The Morgan fingerprint density at radius 1 is 1.38 bits per heavy atom. The molecule has 2 nitrogen and oxygen atoms in total. The monoisotopic (exact) mass is 202 g/mol. The molecule has 0 atom stereocenters. The lowest BCUT2D eigenvalue weighted by atomic mass is 9.97. The number of piperidine rings is 1. The first-order valence-electron chi connectivity index (χ1n) is 5.20. The Hall–Kier alpha value is 0.270. The van der Waals surface area contributed by atoms with Gasteiger partial charge in [0.2, 0.25) is 0 Å². The number of likely N-dealkylation sites (tertiary alicyclic amines) is 1. The molecule has 0 unspecified atom stereocenters. The molecule has 78 valence electrons. The van der Waals surface area contributed by atoms with E-state index in [9.17, 15) is 0 Å². The maximum absolute atomic E-state index is 4.24. The Labute approximate surface area is 87.7 Å². The molecule has 1 aliphatic heterocycles. The molecule has 0 aromatic carbocycles. The second kappa shape index (κ2) is 5.89. The summed E-state index contributed by atoms with van der Waals surface area (Å²) in [6.07, 6.45) is 2.74. The zero-order valence-electron chi connectivity index (χ0n) is 8.87. The summed E-state index contributed by atoms with van der Waals surface area (Å²) in [4.78, 5) is 4.83. The highest BCUT2D eigenvalue weighted by Gasteiger charge is 2.17. The van der Waals surface area contributed by atoms with Crippen LogP contribution in [0.1, 0.15) is 12.8 Å². The van der Waals surface area contributed by atoms with Crippen LogP contribution in [0.15, 0.2) is 0 Å². The molecule has 1 heterocycles. The van der Waals surface area contributed by atoms with Gasteiger partial charge in [0.1, 0.15) is 0 Å². The topological polar surface area (TPSA) is 6.48 Å². The summed E-state index contributed by atoms with van der Waals surface area (Å²) >= 11 is 4.24. The van der Waals surface area contributed by atoms with Gasteiger partial charge in [-0.1, -0.05) is 0 Å². The molecule has 0 bridgehead atoms. The van der Waals surface area contributed by atoms with Crippen molar-refractivity contribution in [1.29, 1.82) is 0 Å². The predicted octanol–water partition coefficient (Wildman–Crippen LogP) is 1.19. The van der Waals surface area contributed by atoms with Crippen LogP contribution in [0, 0.1) is 5.92 Å². The summed E-state index contributed by atoms with van der Waals surface area (Å²) in [5.74, 6) is 1.89. The molecule has 0 aromatic heterocycles. The number of rotatable bonds is 4. The van der Waals surface area contributed by atoms with Gasteiger partial charge in [0.25, 0.3) is 0 Å². The van der Waals surface area contributed by atoms with Crippen LogP contribution in [0.3, 0.4) is 0 Å². The van der Waals surface area contributed by atoms with E-state index < -0.39 is 0 Å². The van der Waals surface area contributed by atoms with Gasteiger partial charge in [-0.15, -0.1) is 0 Å². The van der Waals surface area contributed by atoms with Crippen LogP contribution in [-0.4, -0.2) is 55.8 Å². The lowest BCUT2D eigenvalue weighted by molar-refractivity contribution is 0.180. The first-order chi connectivity index (χ1) is 6.22. The van der Waals surface area contributed by atoms with E-state index in [0.29, 0.717) is 0 Å². The van der Waals surface area contributed by atoms with Gasteiger partial charge >= 0.3 is 0 Å². The molecule has 0 N–H and O–H groups in total. The van der Waals surface area contributed by atoms with Crippen LogP contribution in [-0.2, 0) is 0 Å². The van der Waals surface area contributed by atoms with Crippen molar-refractivity contribution in [2.24, 2.45) is 5.92 Å². The number of hydrogen-bond acceptors (Lipinski definition) is 3. The third-order valence-electron chi connectivity index (χ3n) is 2.89. The van der Waals surface area contributed by atoms with E-state index in [-0.39, 0.29) is 0 Å². The van der Waals surface area contributed by atoms with E-state index in [1.54, 1.807) is 0 Å². The van der Waals surface area contributed by atoms with E-state index in [1.807, 2.05) is 0 Å². The molecule has 1 aliphatic rings. The van der Waals surface area contributed by atoms with Gasteiger partial charge in [0.15, 0.2) is 0 Å². The smallest absolute Gasteiger partial charge is 0.00669 e. The SMILES string of the molecule is CN1CCC(CN(C)CCS)CC1. The minimum atomic E-state index is 0.918. The third-order valence-corrected chi connectivity index (χ3v) is 3.09. The molecule has 0 saturated carbocycles. The Morgan fingerprint density at radius 3 is 2.54 bits per heavy atom. The molecule has 1 fully saturated rings. The van der Waals surface area contributed by atoms with Crippen molar-refractivity contribution in [3.63, 3.8) is 0 Å². The number of thiol groups is 1. The standard InChI is InChI=1S/C10H22N2S/c1-11-5-3-10(4-6-11)9-12(2)7-8-13/h10,13H,3-9H2,1-2H3. The van der Waals surface area contributed by atoms with Crippen molar-refractivity contribution in [2.45, 2.75) is 12.8 Å². The largest absolute Gasteiger partial charge is 0.306 e. The van der Waals surface area contributed by atoms with Crippen molar-refractivity contribution in [3.8, 4) is 0 Å². The first-order valence-corrected chi connectivity index (χ1v) is 5.83. The summed E-state index contributed by atoms with van der Waals surface area (Å²) in [5, 5.41) is 0. The Bertz CT molecular complexity index is 133. The first kappa shape index (κ1) is 11.3. The molecule has 0 aliphatic carbocycles. The van der Waals surface area contributed by atoms with Crippen LogP contribution in [0.25, 0.3) is 0 Å². The zero-order valence-corrected chi connectivity index (χ0v) is 9.76. The summed E-state index contributed by atoms with van der Waals surface area (Å²) in [7, 11) is 4.42. The minimum absolute atomic E-state index is 0.918. The van der Waals surface area contributed by atoms with Crippen LogP contribution < -0.4 is 0 Å². The predicted molar refractivity (Wildman–Crippen MR) is 61.6 cm³/mol. The third kappa shape index (κ3) is 4.34. The van der Waals surface area contributed by atoms with Crippen LogP contribution in [0.4, 0.5) is 0 Å². The van der Waals surface area contributed by atoms with Gasteiger partial charge in [-0.25, -0.2) is 0 Å². The molecule has 0 radical (unpaired) electrons. The van der Waals surface area contributed by atoms with E-state index >= 15 is 0 Å². The molecule has 0 spiro atoms. The number of hydrogen-bond donors (Lipinski definition) is 1. The normalized spacial score (nSPS) is 21.2. The molecular weight excluding hydrogens is 180 g/mol. The van der Waals surface area contributed by atoms with Crippen LogP contribution >= 0.6 is 12.6 Å². The van der Waals surface area contributed by atoms with Gasteiger partial charge in [0.05, 0.1) is 0 Å². The Kier molecular flexibility index (Phi) is 5.14. The Balaban J connectivity index is 2.14. The lowest BCUT2D eigenvalue weighted by Gasteiger charge is -2.31. The van der Waals surface area contributed by atoms with Gasteiger partial charge in [-0.3, -0.25) is 0 Å². The zero-order chi connectivity index (χ0) is 9.68. The quantitative estimate of drug-likeness (QED) is 0.684. The fourth-order valence-corrected chi connectivity index (χ4v) is 2.29. The summed E-state index contributed by atoms with van der Waals surface area (Å²) < 4.78 is 0. The summed E-state index contributed by atoms with van der Waals surface area (Å²) in [6.45, 7) is 4.93. The van der Waals surface area contributed by atoms with Gasteiger partial charge in [-0.2, -0.15) is 12.6 Å². The van der Waals surface area contributed by atoms with Crippen molar-refractivity contribution >= 4 is 12.6 Å². The molecule has 1 saturated heterocycles. The number of nitrogens with zero attached hydrogens (tertiary/aromatic N) is 2. The van der Waals surface area contributed by atoms with Gasteiger partial charge < -0.3 is 9.80 Å². The second-order valence-electron chi connectivity index (χ2n) is 4.23. The Morgan fingerprint density at radius 2 is 2.00 bits per heavy atom. The van der Waals surface area contributed by atoms with Crippen LogP contribution in [0.2, 0.25) is 0 Å². The van der Waals surface area contributed by atoms with E-state index in [0.717, 1.165) is 18.2 Å². The highest BCUT2D eigenvalue weighted by molar-refractivity contribution is 7.80. The van der Waals surface area contributed by atoms with E-state index in [1.165, 1.54) is 32.5 Å². The molecule has 1 rings (SSSR count). The highest BCUT2D eigenvalue weighted by atomic mass is 32.1. The minimum Gasteiger partial charge on any atom is -0.306 e. The van der Waals surface area contributed by atoms with E-state index in [2.05, 4.69) is 36.5 Å². The van der Waals surface area contributed by atoms with Gasteiger partial charge in [-0.05, 0) is 45.9 Å². The van der Waals surface area contributed by atoms with Crippen LogP contribution in [0.5, 0.6) is 0 Å². The average molecular weight is 202 g/mol. The second-order valence-corrected chi connectivity index (χ2v) is 4.68. The van der Waals surface area contributed by atoms with Crippen molar-refractivity contribution in [2.75, 3.05) is 46.0 Å². The molecule has 0 aromatic rings. The van der Waals surface area contributed by atoms with Gasteiger partial charge in [0, 0.05) is 18.8 Å². The summed E-state index contributed by atoms with van der Waals surface area (Å²) in [5.41, 5.74) is 0. The van der Waals surface area contributed by atoms with Crippen molar-refractivity contribution in [1.82, 2.24) is 9.80 Å². The highest BCUT2D eigenvalue weighted by Crippen LogP contribution is 2.16. The fraction of sp³-hybridized carbons (Fsp3) is 1.00. The van der Waals surface area contributed by atoms with E-state index in [4.69, 9.17) is 0 Å². The molecular formula is C10H22N2S. The maximum Gasteiger partial charge on any atom is 0.00669 e. The lowest BCUT2D eigenvalue weighted by Crippen LogP contribution is -2.36. The summed E-state index contributed by atoms with van der Waals surface area (Å²) in [6, 6.07) is 0. The fourth-order valence-electron chi connectivity index (χ4n) is 1.95. The molecule has 0 amide bonds. The average Bonchev–Trinajstić information content (AvgIpc) is 2.09. The van der Waals surface area contributed by atoms with Crippen molar-refractivity contribution in [3.05, 3.63) is 0 Å². The molecule has 13 heavy (non-hydrogen) atoms. The molecule has 3 heteroatoms.